The lowest BCUT2D eigenvalue weighted by Crippen LogP contribution is -2.52. The van der Waals surface area contributed by atoms with Crippen LogP contribution in [0.5, 0.6) is 5.75 Å². The second kappa shape index (κ2) is 11.7. The molecule has 0 aliphatic carbocycles. The number of para-hydroxylation sites is 3. The Hall–Kier alpha value is -2.00. The molecule has 3 rings (SSSR count). The van der Waals surface area contributed by atoms with Crippen LogP contribution in [0.15, 0.2) is 42.5 Å². The SMILES string of the molecule is COc1ccccc1N1CCN(CCCCNc2c(I)cccc2C(=O)N(C)C)C(C)C1. The van der Waals surface area contributed by atoms with Gasteiger partial charge in [-0.2, -0.15) is 0 Å². The second-order valence-corrected chi connectivity index (χ2v) is 9.66. The highest BCUT2D eigenvalue weighted by molar-refractivity contribution is 14.1. The normalized spacial score (nSPS) is 16.7. The van der Waals surface area contributed by atoms with Crippen LogP contribution in [0.25, 0.3) is 0 Å². The molecule has 1 unspecified atom stereocenters. The van der Waals surface area contributed by atoms with E-state index in [1.165, 1.54) is 5.69 Å². The van der Waals surface area contributed by atoms with Gasteiger partial charge < -0.3 is 19.9 Å². The molecule has 0 spiro atoms. The van der Waals surface area contributed by atoms with Crippen molar-refractivity contribution in [3.63, 3.8) is 0 Å². The van der Waals surface area contributed by atoms with Crippen molar-refractivity contribution in [1.29, 1.82) is 0 Å². The third-order valence-electron chi connectivity index (χ3n) is 6.02. The van der Waals surface area contributed by atoms with Crippen LogP contribution >= 0.6 is 22.6 Å². The Morgan fingerprint density at radius 3 is 2.66 bits per heavy atom. The lowest BCUT2D eigenvalue weighted by molar-refractivity contribution is 0.0828. The monoisotopic (exact) mass is 550 g/mol. The fraction of sp³-hybridized carbons (Fsp3) is 0.480. The predicted molar refractivity (Wildman–Crippen MR) is 141 cm³/mol. The van der Waals surface area contributed by atoms with Crippen molar-refractivity contribution in [2.75, 3.05) is 64.1 Å². The number of ether oxygens (including phenoxy) is 1. The summed E-state index contributed by atoms with van der Waals surface area (Å²) in [6.45, 7) is 7.36. The zero-order valence-electron chi connectivity index (χ0n) is 19.6. The molecule has 7 heteroatoms. The molecular weight excluding hydrogens is 515 g/mol. The zero-order chi connectivity index (χ0) is 23.1. The van der Waals surface area contributed by atoms with Gasteiger partial charge >= 0.3 is 0 Å². The molecule has 1 amide bonds. The zero-order valence-corrected chi connectivity index (χ0v) is 21.8. The molecule has 1 aliphatic rings. The summed E-state index contributed by atoms with van der Waals surface area (Å²) in [5, 5.41) is 3.51. The highest BCUT2D eigenvalue weighted by Crippen LogP contribution is 2.29. The van der Waals surface area contributed by atoms with Crippen LogP contribution in [0.4, 0.5) is 11.4 Å². The molecule has 1 atom stereocenters. The molecule has 1 saturated heterocycles. The van der Waals surface area contributed by atoms with Gasteiger partial charge in [0.2, 0.25) is 0 Å². The van der Waals surface area contributed by atoms with Crippen LogP contribution in [0.1, 0.15) is 30.1 Å². The standard InChI is InChI=1S/C25H35IN4O2/c1-19-18-30(22-12-5-6-13-23(22)32-4)17-16-29(19)15-8-7-14-27-24-20(25(31)28(2)3)10-9-11-21(24)26/h5-6,9-13,19,27H,7-8,14-18H2,1-4H3. The largest absolute Gasteiger partial charge is 0.495 e. The van der Waals surface area contributed by atoms with Gasteiger partial charge in [0.1, 0.15) is 5.75 Å². The number of carbonyl (C=O) groups is 1. The number of piperazine rings is 1. The minimum Gasteiger partial charge on any atom is -0.495 e. The van der Waals surface area contributed by atoms with Gasteiger partial charge in [-0.25, -0.2) is 0 Å². The summed E-state index contributed by atoms with van der Waals surface area (Å²) in [5.74, 6) is 0.981. The number of hydrogen-bond donors (Lipinski definition) is 1. The van der Waals surface area contributed by atoms with Crippen molar-refractivity contribution in [3.05, 3.63) is 51.6 Å². The van der Waals surface area contributed by atoms with Crippen LogP contribution < -0.4 is 15.0 Å². The molecule has 32 heavy (non-hydrogen) atoms. The Morgan fingerprint density at radius 1 is 1.16 bits per heavy atom. The van der Waals surface area contributed by atoms with Crippen LogP contribution in [0, 0.1) is 3.57 Å². The minimum absolute atomic E-state index is 0.0350. The first-order valence-corrected chi connectivity index (χ1v) is 12.4. The van der Waals surface area contributed by atoms with Gasteiger partial charge in [-0.3, -0.25) is 9.69 Å². The molecule has 1 fully saturated rings. The maximum atomic E-state index is 12.5. The van der Waals surface area contributed by atoms with Crippen LogP contribution in [-0.4, -0.2) is 75.7 Å². The topological polar surface area (TPSA) is 48.1 Å². The Balaban J connectivity index is 1.46. The van der Waals surface area contributed by atoms with E-state index in [0.29, 0.717) is 6.04 Å². The molecule has 1 heterocycles. The quantitative estimate of drug-likeness (QED) is 0.371. The third kappa shape index (κ3) is 6.07. The van der Waals surface area contributed by atoms with Crippen LogP contribution in [-0.2, 0) is 0 Å². The van der Waals surface area contributed by atoms with E-state index in [4.69, 9.17) is 4.74 Å². The van der Waals surface area contributed by atoms with E-state index in [-0.39, 0.29) is 5.91 Å². The summed E-state index contributed by atoms with van der Waals surface area (Å²) in [4.78, 5) is 19.1. The van der Waals surface area contributed by atoms with E-state index in [1.807, 2.05) is 30.3 Å². The molecule has 0 radical (unpaired) electrons. The number of anilines is 2. The number of amides is 1. The molecule has 6 nitrogen and oxygen atoms in total. The van der Waals surface area contributed by atoms with E-state index in [2.05, 4.69) is 56.8 Å². The molecule has 174 valence electrons. The van der Waals surface area contributed by atoms with E-state index in [9.17, 15) is 4.79 Å². The predicted octanol–water partition coefficient (Wildman–Crippen LogP) is 4.40. The van der Waals surface area contributed by atoms with E-state index >= 15 is 0 Å². The average molecular weight is 550 g/mol. The lowest BCUT2D eigenvalue weighted by Gasteiger charge is -2.41. The molecule has 2 aromatic carbocycles. The van der Waals surface area contributed by atoms with Crippen molar-refractivity contribution in [3.8, 4) is 5.75 Å². The summed E-state index contributed by atoms with van der Waals surface area (Å²) in [6.07, 6.45) is 2.20. The maximum Gasteiger partial charge on any atom is 0.255 e. The Labute approximate surface area is 206 Å². The van der Waals surface area contributed by atoms with Crippen LogP contribution in [0.2, 0.25) is 0 Å². The number of nitrogens with zero attached hydrogens (tertiary/aromatic N) is 3. The summed E-state index contributed by atoms with van der Waals surface area (Å²) < 4.78 is 6.63. The number of rotatable bonds is 9. The lowest BCUT2D eigenvalue weighted by atomic mass is 10.1. The average Bonchev–Trinajstić information content (AvgIpc) is 2.79. The highest BCUT2D eigenvalue weighted by Gasteiger charge is 2.24. The second-order valence-electron chi connectivity index (χ2n) is 8.50. The molecule has 0 bridgehead atoms. The smallest absolute Gasteiger partial charge is 0.255 e. The first-order chi connectivity index (χ1) is 15.4. The summed E-state index contributed by atoms with van der Waals surface area (Å²) in [6, 6.07) is 14.7. The maximum absolute atomic E-state index is 12.5. The molecule has 1 N–H and O–H groups in total. The van der Waals surface area contributed by atoms with Gasteiger partial charge in [-0.15, -0.1) is 0 Å². The summed E-state index contributed by atoms with van der Waals surface area (Å²) >= 11 is 2.30. The number of methoxy groups -OCH3 is 1. The molecule has 0 aromatic heterocycles. The van der Waals surface area contributed by atoms with Gasteiger partial charge in [0.15, 0.2) is 0 Å². The van der Waals surface area contributed by atoms with Crippen LogP contribution in [0.3, 0.4) is 0 Å². The van der Waals surface area contributed by atoms with Crippen molar-refractivity contribution < 1.29 is 9.53 Å². The molecule has 2 aromatic rings. The van der Waals surface area contributed by atoms with Crippen molar-refractivity contribution in [2.24, 2.45) is 0 Å². The first kappa shape index (κ1) is 24.6. The third-order valence-corrected chi connectivity index (χ3v) is 6.91. The number of nitrogens with one attached hydrogen (secondary N) is 1. The van der Waals surface area contributed by atoms with Crippen molar-refractivity contribution >= 4 is 39.9 Å². The minimum atomic E-state index is 0.0350. The molecule has 1 aliphatic heterocycles. The number of benzene rings is 2. The number of halogens is 1. The van der Waals surface area contributed by atoms with Gasteiger partial charge in [0, 0.05) is 49.9 Å². The van der Waals surface area contributed by atoms with Gasteiger partial charge in [-0.1, -0.05) is 18.2 Å². The highest BCUT2D eigenvalue weighted by atomic mass is 127. The van der Waals surface area contributed by atoms with E-state index in [0.717, 1.165) is 66.1 Å². The van der Waals surface area contributed by atoms with Gasteiger partial charge in [-0.05, 0) is 73.2 Å². The Bertz CT molecular complexity index is 905. The first-order valence-electron chi connectivity index (χ1n) is 11.3. The Kier molecular flexibility index (Phi) is 9.04. The molecule has 0 saturated carbocycles. The van der Waals surface area contributed by atoms with Crippen molar-refractivity contribution in [1.82, 2.24) is 9.80 Å². The fourth-order valence-electron chi connectivity index (χ4n) is 4.21. The Morgan fingerprint density at radius 2 is 1.94 bits per heavy atom. The van der Waals surface area contributed by atoms with Gasteiger partial charge in [0.05, 0.1) is 24.0 Å². The fourth-order valence-corrected chi connectivity index (χ4v) is 4.90. The van der Waals surface area contributed by atoms with Gasteiger partial charge in [0.25, 0.3) is 5.91 Å². The van der Waals surface area contributed by atoms with E-state index in [1.54, 1.807) is 26.1 Å². The van der Waals surface area contributed by atoms with E-state index < -0.39 is 0 Å². The summed E-state index contributed by atoms with van der Waals surface area (Å²) in [5.41, 5.74) is 2.87. The number of hydrogen-bond acceptors (Lipinski definition) is 5. The van der Waals surface area contributed by atoms with Crippen molar-refractivity contribution in [2.45, 2.75) is 25.8 Å². The summed E-state index contributed by atoms with van der Waals surface area (Å²) in [7, 11) is 5.32. The number of carbonyl (C=O) groups excluding carboxylic acids is 1. The molecular formula is C25H35IN4O2. The number of unbranched alkanes of at least 4 members (excludes halogenated alkanes) is 1.